The van der Waals surface area contributed by atoms with Crippen LogP contribution in [-0.4, -0.2) is 45.3 Å². The summed E-state index contributed by atoms with van der Waals surface area (Å²) < 4.78 is 27.9. The van der Waals surface area contributed by atoms with E-state index in [1.807, 2.05) is 6.92 Å². The maximum atomic E-state index is 14.0. The van der Waals surface area contributed by atoms with Gasteiger partial charge in [-0.15, -0.1) is 0 Å². The minimum atomic E-state index is -0.768. The molecule has 122 valence electrons. The highest BCUT2D eigenvalue weighted by atomic mass is 19.1. The lowest BCUT2D eigenvalue weighted by molar-refractivity contribution is 0.0249. The third-order valence-electron chi connectivity index (χ3n) is 4.29. The number of aliphatic hydroxyl groups excluding tert-OH is 1. The van der Waals surface area contributed by atoms with Gasteiger partial charge < -0.3 is 10.0 Å². The van der Waals surface area contributed by atoms with E-state index < -0.39 is 23.6 Å². The highest BCUT2D eigenvalue weighted by Gasteiger charge is 2.30. The van der Waals surface area contributed by atoms with Crippen molar-refractivity contribution in [2.75, 3.05) is 13.1 Å². The third-order valence-corrected chi connectivity index (χ3v) is 4.29. The lowest BCUT2D eigenvalue weighted by Gasteiger charge is -2.34. The number of H-pyrrole nitrogens is 1. The number of aliphatic hydroxyl groups is 1. The van der Waals surface area contributed by atoms with Crippen LogP contribution in [0.5, 0.6) is 0 Å². The summed E-state index contributed by atoms with van der Waals surface area (Å²) in [6, 6.07) is 3.51. The van der Waals surface area contributed by atoms with Crippen molar-refractivity contribution in [3.63, 3.8) is 0 Å². The highest BCUT2D eigenvalue weighted by Crippen LogP contribution is 2.28. The first-order chi connectivity index (χ1) is 11.0. The number of aromatic amines is 1. The number of likely N-dealkylation sites (tertiary alicyclic amines) is 1. The van der Waals surface area contributed by atoms with Crippen molar-refractivity contribution in [2.24, 2.45) is 5.92 Å². The first-order valence-electron chi connectivity index (χ1n) is 7.44. The van der Waals surface area contributed by atoms with Gasteiger partial charge in [-0.1, -0.05) is 13.0 Å². The number of aromatic nitrogens is 2. The zero-order chi connectivity index (χ0) is 16.6. The van der Waals surface area contributed by atoms with Crippen LogP contribution in [0, 0.1) is 17.6 Å². The maximum absolute atomic E-state index is 14.0. The van der Waals surface area contributed by atoms with Gasteiger partial charge >= 0.3 is 0 Å². The van der Waals surface area contributed by atoms with Gasteiger partial charge in [0.15, 0.2) is 0 Å². The first kappa shape index (κ1) is 15.6. The Bertz CT molecular complexity index is 712. The van der Waals surface area contributed by atoms with Crippen LogP contribution in [0.4, 0.5) is 8.78 Å². The topological polar surface area (TPSA) is 69.2 Å². The molecule has 1 aliphatic rings. The Kier molecular flexibility index (Phi) is 4.12. The van der Waals surface area contributed by atoms with Gasteiger partial charge in [0.05, 0.1) is 29.1 Å². The number of hydrogen-bond acceptors (Lipinski definition) is 3. The highest BCUT2D eigenvalue weighted by molar-refractivity contribution is 5.99. The SMILES string of the molecule is CC1CCN(C(=O)c2cn[nH]c2-c2c(F)cccc2F)CC1O. The Hall–Kier alpha value is -2.28. The van der Waals surface area contributed by atoms with Gasteiger partial charge in [-0.3, -0.25) is 9.89 Å². The smallest absolute Gasteiger partial charge is 0.257 e. The molecular weight excluding hydrogens is 304 g/mol. The van der Waals surface area contributed by atoms with Crippen molar-refractivity contribution in [1.29, 1.82) is 0 Å². The van der Waals surface area contributed by atoms with E-state index in [1.54, 1.807) is 0 Å². The van der Waals surface area contributed by atoms with Gasteiger partial charge in [0.25, 0.3) is 5.91 Å². The van der Waals surface area contributed by atoms with E-state index in [1.165, 1.54) is 17.2 Å². The number of amides is 1. The Labute approximate surface area is 131 Å². The van der Waals surface area contributed by atoms with E-state index in [0.29, 0.717) is 13.0 Å². The van der Waals surface area contributed by atoms with Gasteiger partial charge in [-0.25, -0.2) is 8.78 Å². The van der Waals surface area contributed by atoms with E-state index in [0.717, 1.165) is 12.1 Å². The number of halogens is 2. The van der Waals surface area contributed by atoms with Crippen LogP contribution in [0.25, 0.3) is 11.3 Å². The summed E-state index contributed by atoms with van der Waals surface area (Å²) in [6.07, 6.45) is 1.33. The van der Waals surface area contributed by atoms with E-state index >= 15 is 0 Å². The second-order valence-corrected chi connectivity index (χ2v) is 5.84. The average Bonchev–Trinajstić information content (AvgIpc) is 2.98. The normalized spacial score (nSPS) is 21.5. The molecule has 1 amide bonds. The van der Waals surface area contributed by atoms with Crippen LogP contribution >= 0.6 is 0 Å². The molecule has 2 N–H and O–H groups in total. The zero-order valence-corrected chi connectivity index (χ0v) is 12.6. The summed E-state index contributed by atoms with van der Waals surface area (Å²) in [5, 5.41) is 16.2. The quantitative estimate of drug-likeness (QED) is 0.891. The van der Waals surface area contributed by atoms with Crippen LogP contribution in [-0.2, 0) is 0 Å². The van der Waals surface area contributed by atoms with Crippen molar-refractivity contribution in [1.82, 2.24) is 15.1 Å². The van der Waals surface area contributed by atoms with Gasteiger partial charge in [-0.2, -0.15) is 5.10 Å². The molecule has 5 nitrogen and oxygen atoms in total. The molecule has 1 aromatic carbocycles. The number of rotatable bonds is 2. The molecule has 0 aliphatic carbocycles. The number of carbonyl (C=O) groups is 1. The minimum absolute atomic E-state index is 0.0127. The molecule has 0 radical (unpaired) electrons. The van der Waals surface area contributed by atoms with Gasteiger partial charge in [0.1, 0.15) is 11.6 Å². The molecule has 2 heterocycles. The maximum Gasteiger partial charge on any atom is 0.257 e. The molecule has 3 rings (SSSR count). The molecule has 1 fully saturated rings. The van der Waals surface area contributed by atoms with E-state index in [-0.39, 0.29) is 29.3 Å². The average molecular weight is 321 g/mol. The van der Waals surface area contributed by atoms with E-state index in [4.69, 9.17) is 0 Å². The van der Waals surface area contributed by atoms with Crippen molar-refractivity contribution >= 4 is 5.91 Å². The molecule has 2 unspecified atom stereocenters. The summed E-state index contributed by atoms with van der Waals surface area (Å²) in [5.41, 5.74) is -0.200. The molecule has 1 aliphatic heterocycles. The third kappa shape index (κ3) is 2.84. The van der Waals surface area contributed by atoms with Crippen LogP contribution < -0.4 is 0 Å². The fourth-order valence-electron chi connectivity index (χ4n) is 2.78. The molecule has 0 saturated carbocycles. The van der Waals surface area contributed by atoms with Crippen LogP contribution in [0.15, 0.2) is 24.4 Å². The number of β-amino-alcohol motifs (C(OH)–C–C–N with tert-alkyl or cyclic N) is 1. The minimum Gasteiger partial charge on any atom is -0.391 e. The lowest BCUT2D eigenvalue weighted by atomic mass is 9.95. The van der Waals surface area contributed by atoms with Crippen molar-refractivity contribution < 1.29 is 18.7 Å². The Morgan fingerprint density at radius 3 is 2.74 bits per heavy atom. The van der Waals surface area contributed by atoms with Crippen molar-refractivity contribution in [3.05, 3.63) is 41.6 Å². The molecule has 23 heavy (non-hydrogen) atoms. The predicted molar refractivity (Wildman–Crippen MR) is 79.6 cm³/mol. The largest absolute Gasteiger partial charge is 0.391 e. The van der Waals surface area contributed by atoms with Crippen LogP contribution in [0.1, 0.15) is 23.7 Å². The fourth-order valence-corrected chi connectivity index (χ4v) is 2.78. The number of hydrogen-bond donors (Lipinski definition) is 2. The molecule has 0 spiro atoms. The Morgan fingerprint density at radius 1 is 1.39 bits per heavy atom. The number of piperidine rings is 1. The van der Waals surface area contributed by atoms with Gasteiger partial charge in [0, 0.05) is 13.1 Å². The standard InChI is InChI=1S/C16H17F2N3O2/c1-9-5-6-21(8-13(9)22)16(23)10-7-19-20-15(10)14-11(17)3-2-4-12(14)18/h2-4,7,9,13,22H,5-6,8H2,1H3,(H,19,20). The fraction of sp³-hybridized carbons (Fsp3) is 0.375. The summed E-state index contributed by atoms with van der Waals surface area (Å²) in [7, 11) is 0. The summed E-state index contributed by atoms with van der Waals surface area (Å²) in [5.74, 6) is -1.82. The molecule has 2 atom stereocenters. The molecule has 1 saturated heterocycles. The first-order valence-corrected chi connectivity index (χ1v) is 7.44. The summed E-state index contributed by atoms with van der Waals surface area (Å²) >= 11 is 0. The molecule has 1 aromatic heterocycles. The number of nitrogens with one attached hydrogen (secondary N) is 1. The second kappa shape index (κ2) is 6.08. The van der Waals surface area contributed by atoms with Crippen LogP contribution in [0.2, 0.25) is 0 Å². The van der Waals surface area contributed by atoms with Crippen LogP contribution in [0.3, 0.4) is 0 Å². The lowest BCUT2D eigenvalue weighted by Crippen LogP contribution is -2.45. The van der Waals surface area contributed by atoms with Gasteiger partial charge in [-0.05, 0) is 24.5 Å². The summed E-state index contributed by atoms with van der Waals surface area (Å²) in [4.78, 5) is 14.1. The molecule has 7 heteroatoms. The predicted octanol–water partition coefficient (Wildman–Crippen LogP) is 2.20. The monoisotopic (exact) mass is 321 g/mol. The van der Waals surface area contributed by atoms with Crippen molar-refractivity contribution in [2.45, 2.75) is 19.4 Å². The van der Waals surface area contributed by atoms with E-state index in [9.17, 15) is 18.7 Å². The number of nitrogens with zero attached hydrogens (tertiary/aromatic N) is 2. The zero-order valence-electron chi connectivity index (χ0n) is 12.6. The molecule has 0 bridgehead atoms. The number of benzene rings is 1. The second-order valence-electron chi connectivity index (χ2n) is 5.84. The van der Waals surface area contributed by atoms with Crippen molar-refractivity contribution in [3.8, 4) is 11.3 Å². The van der Waals surface area contributed by atoms with Gasteiger partial charge in [0.2, 0.25) is 0 Å². The molecular formula is C16H17F2N3O2. The Balaban J connectivity index is 1.94. The number of carbonyl (C=O) groups excluding carboxylic acids is 1. The van der Waals surface area contributed by atoms with E-state index in [2.05, 4.69) is 10.2 Å². The molecule has 2 aromatic rings. The Morgan fingerprint density at radius 2 is 2.09 bits per heavy atom. The summed E-state index contributed by atoms with van der Waals surface area (Å²) in [6.45, 7) is 2.61.